The van der Waals surface area contributed by atoms with Crippen molar-refractivity contribution in [3.63, 3.8) is 0 Å². The Bertz CT molecular complexity index is 986. The van der Waals surface area contributed by atoms with Gasteiger partial charge in [0, 0.05) is 16.6 Å². The lowest BCUT2D eigenvalue weighted by Crippen LogP contribution is -2.05. The number of esters is 1. The Morgan fingerprint density at radius 1 is 1.08 bits per heavy atom. The van der Waals surface area contributed by atoms with E-state index in [0.29, 0.717) is 21.7 Å². The number of benzene rings is 2. The highest BCUT2D eigenvalue weighted by Crippen LogP contribution is 2.31. The largest absolute Gasteiger partial charge is 0.478 e. The van der Waals surface area contributed by atoms with Gasteiger partial charge < -0.3 is 14.6 Å². The highest BCUT2D eigenvalue weighted by molar-refractivity contribution is 6.31. The summed E-state index contributed by atoms with van der Waals surface area (Å²) in [6.45, 7) is 0. The van der Waals surface area contributed by atoms with Gasteiger partial charge in [0.2, 0.25) is 0 Å². The molecule has 0 atom stereocenters. The smallest absolute Gasteiger partial charge is 0.338 e. The van der Waals surface area contributed by atoms with Gasteiger partial charge in [0.1, 0.15) is 11.5 Å². The third kappa shape index (κ3) is 3.54. The number of methoxy groups -OCH3 is 1. The van der Waals surface area contributed by atoms with E-state index in [9.17, 15) is 14.7 Å². The van der Waals surface area contributed by atoms with E-state index in [4.69, 9.17) is 16.3 Å². The molecule has 0 aliphatic carbocycles. The van der Waals surface area contributed by atoms with Gasteiger partial charge in [-0.1, -0.05) is 11.6 Å². The Labute approximate surface area is 147 Å². The van der Waals surface area contributed by atoms with Crippen LogP contribution < -0.4 is 4.74 Å². The molecule has 0 bridgehead atoms. The first kappa shape index (κ1) is 16.7. The molecule has 126 valence electrons. The zero-order valence-corrected chi connectivity index (χ0v) is 13.8. The minimum Gasteiger partial charge on any atom is -0.478 e. The average Bonchev–Trinajstić information content (AvgIpc) is 2.60. The summed E-state index contributed by atoms with van der Waals surface area (Å²) in [5, 5.41) is 10.5. The molecule has 25 heavy (non-hydrogen) atoms. The third-order valence-corrected chi connectivity index (χ3v) is 3.70. The number of carboxylic acids is 1. The molecule has 0 amide bonds. The molecule has 1 aromatic heterocycles. The molecule has 1 heterocycles. The number of carbonyl (C=O) groups excluding carboxylic acids is 1. The van der Waals surface area contributed by atoms with Crippen molar-refractivity contribution in [1.29, 1.82) is 0 Å². The van der Waals surface area contributed by atoms with E-state index in [0.717, 1.165) is 0 Å². The van der Waals surface area contributed by atoms with Gasteiger partial charge in [0.25, 0.3) is 0 Å². The van der Waals surface area contributed by atoms with Crippen LogP contribution in [0.1, 0.15) is 20.7 Å². The van der Waals surface area contributed by atoms with Crippen LogP contribution in [0.5, 0.6) is 11.5 Å². The zero-order valence-electron chi connectivity index (χ0n) is 13.0. The van der Waals surface area contributed by atoms with E-state index in [1.54, 1.807) is 30.5 Å². The number of aromatic nitrogens is 1. The van der Waals surface area contributed by atoms with Crippen LogP contribution >= 0.6 is 11.6 Å². The number of hydrogen-bond acceptors (Lipinski definition) is 5. The first-order valence-corrected chi connectivity index (χ1v) is 7.54. The van der Waals surface area contributed by atoms with Crippen molar-refractivity contribution in [3.05, 3.63) is 64.8 Å². The van der Waals surface area contributed by atoms with Gasteiger partial charge in [-0.3, -0.25) is 4.98 Å². The summed E-state index contributed by atoms with van der Waals surface area (Å²) in [6.07, 6.45) is 1.55. The van der Waals surface area contributed by atoms with E-state index in [-0.39, 0.29) is 16.9 Å². The summed E-state index contributed by atoms with van der Waals surface area (Å²) in [5.41, 5.74) is 0.630. The van der Waals surface area contributed by atoms with Crippen molar-refractivity contribution in [2.24, 2.45) is 0 Å². The Morgan fingerprint density at radius 3 is 2.56 bits per heavy atom. The van der Waals surface area contributed by atoms with Gasteiger partial charge in [-0.05, 0) is 42.5 Å². The molecule has 0 saturated heterocycles. The minimum absolute atomic E-state index is 0.0822. The predicted octanol–water partition coefficient (Wildman–Crippen LogP) is 4.17. The summed E-state index contributed by atoms with van der Waals surface area (Å²) < 4.78 is 10.5. The molecular formula is C18H12ClNO5. The second-order valence-electron chi connectivity index (χ2n) is 5.12. The monoisotopic (exact) mass is 357 g/mol. The van der Waals surface area contributed by atoms with E-state index in [1.807, 2.05) is 0 Å². The summed E-state index contributed by atoms with van der Waals surface area (Å²) in [6, 6.07) is 10.8. The molecule has 6 nitrogen and oxygen atoms in total. The number of carbonyl (C=O) groups is 2. The van der Waals surface area contributed by atoms with Crippen molar-refractivity contribution >= 4 is 34.4 Å². The second kappa shape index (κ2) is 6.78. The number of carboxylic acid groups (broad SMARTS) is 1. The van der Waals surface area contributed by atoms with Gasteiger partial charge >= 0.3 is 11.9 Å². The van der Waals surface area contributed by atoms with Crippen LogP contribution in [0.2, 0.25) is 5.02 Å². The number of nitrogens with zero attached hydrogens (tertiary/aromatic N) is 1. The van der Waals surface area contributed by atoms with Crippen LogP contribution in [0.4, 0.5) is 0 Å². The first-order valence-electron chi connectivity index (χ1n) is 7.17. The normalized spacial score (nSPS) is 10.5. The van der Waals surface area contributed by atoms with Crippen LogP contribution in [-0.4, -0.2) is 29.1 Å². The molecule has 7 heteroatoms. The molecular weight excluding hydrogens is 346 g/mol. The van der Waals surface area contributed by atoms with E-state index >= 15 is 0 Å². The van der Waals surface area contributed by atoms with Gasteiger partial charge in [-0.15, -0.1) is 0 Å². The lowest BCUT2D eigenvalue weighted by molar-refractivity contribution is 0.0600. The molecule has 0 unspecified atom stereocenters. The summed E-state index contributed by atoms with van der Waals surface area (Å²) in [4.78, 5) is 27.3. The Kier molecular flexibility index (Phi) is 4.54. The average molecular weight is 358 g/mol. The number of aromatic carboxylic acids is 1. The highest BCUT2D eigenvalue weighted by Gasteiger charge is 2.14. The van der Waals surface area contributed by atoms with Gasteiger partial charge in [-0.25, -0.2) is 9.59 Å². The number of ether oxygens (including phenoxy) is 2. The molecule has 0 radical (unpaired) electrons. The maximum atomic E-state index is 11.7. The molecule has 1 N–H and O–H groups in total. The Balaban J connectivity index is 2.07. The zero-order chi connectivity index (χ0) is 18.0. The van der Waals surface area contributed by atoms with E-state index in [1.165, 1.54) is 25.3 Å². The quantitative estimate of drug-likeness (QED) is 0.705. The number of pyridine rings is 1. The van der Waals surface area contributed by atoms with Gasteiger partial charge in [0.15, 0.2) is 0 Å². The maximum absolute atomic E-state index is 11.7. The van der Waals surface area contributed by atoms with Crippen LogP contribution in [0.15, 0.2) is 48.7 Å². The number of hydrogen-bond donors (Lipinski definition) is 1. The summed E-state index contributed by atoms with van der Waals surface area (Å²) in [7, 11) is 1.22. The third-order valence-electron chi connectivity index (χ3n) is 3.47. The van der Waals surface area contributed by atoms with E-state index in [2.05, 4.69) is 9.72 Å². The van der Waals surface area contributed by atoms with Crippen molar-refractivity contribution in [2.45, 2.75) is 0 Å². The van der Waals surface area contributed by atoms with Gasteiger partial charge in [0.05, 0.1) is 23.8 Å². The van der Waals surface area contributed by atoms with Crippen LogP contribution in [0.3, 0.4) is 0 Å². The second-order valence-corrected chi connectivity index (χ2v) is 5.55. The van der Waals surface area contributed by atoms with Crippen molar-refractivity contribution < 1.29 is 24.2 Å². The number of fused-ring (bicyclic) bond motifs is 1. The van der Waals surface area contributed by atoms with Crippen molar-refractivity contribution in [1.82, 2.24) is 4.98 Å². The first-order chi connectivity index (χ1) is 12.0. The summed E-state index contributed by atoms with van der Waals surface area (Å²) in [5.74, 6) is -1.18. The Morgan fingerprint density at radius 2 is 1.84 bits per heavy atom. The van der Waals surface area contributed by atoms with Crippen LogP contribution in [0, 0.1) is 0 Å². The SMILES string of the molecule is COC(=O)c1cc(Oc2ccnc3cc(Cl)ccc23)cc(C(=O)O)c1. The molecule has 0 aliphatic heterocycles. The molecule has 0 saturated carbocycles. The predicted molar refractivity (Wildman–Crippen MR) is 91.6 cm³/mol. The van der Waals surface area contributed by atoms with Crippen molar-refractivity contribution in [2.75, 3.05) is 7.11 Å². The Hall–Kier alpha value is -3.12. The topological polar surface area (TPSA) is 85.7 Å². The fourth-order valence-corrected chi connectivity index (χ4v) is 2.49. The standard InChI is InChI=1S/C18H12ClNO5/c1-24-18(23)11-6-10(17(21)22)7-13(8-11)25-16-4-5-20-15-9-12(19)2-3-14(15)16/h2-9H,1H3,(H,21,22). The molecule has 0 fully saturated rings. The highest BCUT2D eigenvalue weighted by atomic mass is 35.5. The fourth-order valence-electron chi connectivity index (χ4n) is 2.33. The van der Waals surface area contributed by atoms with Crippen molar-refractivity contribution in [3.8, 4) is 11.5 Å². The lowest BCUT2D eigenvalue weighted by atomic mass is 10.1. The van der Waals surface area contributed by atoms with Crippen LogP contribution in [-0.2, 0) is 4.74 Å². The van der Waals surface area contributed by atoms with E-state index < -0.39 is 11.9 Å². The molecule has 3 rings (SSSR count). The molecule has 3 aromatic rings. The summed E-state index contributed by atoms with van der Waals surface area (Å²) >= 11 is 5.96. The fraction of sp³-hybridized carbons (Fsp3) is 0.0556. The molecule has 2 aromatic carbocycles. The van der Waals surface area contributed by atoms with Gasteiger partial charge in [-0.2, -0.15) is 0 Å². The van der Waals surface area contributed by atoms with Crippen LogP contribution in [0.25, 0.3) is 10.9 Å². The minimum atomic E-state index is -1.18. The number of rotatable bonds is 4. The maximum Gasteiger partial charge on any atom is 0.338 e. The molecule has 0 aliphatic rings. The lowest BCUT2D eigenvalue weighted by Gasteiger charge is -2.11. The number of halogens is 1. The molecule has 0 spiro atoms.